The standard InChI is InChI=1S/C12H17N3/c1-3-10-8-9-13-12(14-10)15(2)11-6-4-5-7-11/h3,8-9,11H,1,4-7H2,2H3. The zero-order valence-electron chi connectivity index (χ0n) is 9.19. The van der Waals surface area contributed by atoms with Gasteiger partial charge in [0.2, 0.25) is 5.95 Å². The van der Waals surface area contributed by atoms with E-state index in [1.165, 1.54) is 25.7 Å². The lowest BCUT2D eigenvalue weighted by molar-refractivity contribution is 0.638. The van der Waals surface area contributed by atoms with Crippen LogP contribution in [0.2, 0.25) is 0 Å². The first-order valence-electron chi connectivity index (χ1n) is 5.49. The molecule has 80 valence electrons. The van der Waals surface area contributed by atoms with Crippen LogP contribution in [0.15, 0.2) is 18.8 Å². The maximum Gasteiger partial charge on any atom is 0.225 e. The van der Waals surface area contributed by atoms with Gasteiger partial charge in [-0.15, -0.1) is 0 Å². The van der Waals surface area contributed by atoms with Crippen LogP contribution in [-0.4, -0.2) is 23.1 Å². The molecule has 0 N–H and O–H groups in total. The lowest BCUT2D eigenvalue weighted by Gasteiger charge is -2.24. The molecule has 1 aliphatic carbocycles. The third kappa shape index (κ3) is 2.17. The second kappa shape index (κ2) is 4.43. The number of hydrogen-bond acceptors (Lipinski definition) is 3. The van der Waals surface area contributed by atoms with Crippen molar-refractivity contribution in [2.75, 3.05) is 11.9 Å². The van der Waals surface area contributed by atoms with Gasteiger partial charge in [-0.05, 0) is 25.0 Å². The molecule has 3 heteroatoms. The van der Waals surface area contributed by atoms with E-state index < -0.39 is 0 Å². The summed E-state index contributed by atoms with van der Waals surface area (Å²) >= 11 is 0. The van der Waals surface area contributed by atoms with Gasteiger partial charge in [0.25, 0.3) is 0 Å². The van der Waals surface area contributed by atoms with Crippen LogP contribution in [0.3, 0.4) is 0 Å². The molecular formula is C12H17N3. The highest BCUT2D eigenvalue weighted by Crippen LogP contribution is 2.24. The summed E-state index contributed by atoms with van der Waals surface area (Å²) in [5, 5.41) is 0. The lowest BCUT2D eigenvalue weighted by Crippen LogP contribution is -2.30. The van der Waals surface area contributed by atoms with Gasteiger partial charge >= 0.3 is 0 Å². The van der Waals surface area contributed by atoms with Crippen molar-refractivity contribution in [2.45, 2.75) is 31.7 Å². The first kappa shape index (κ1) is 10.1. The molecule has 0 spiro atoms. The van der Waals surface area contributed by atoms with Crippen molar-refractivity contribution in [1.82, 2.24) is 9.97 Å². The van der Waals surface area contributed by atoms with E-state index in [2.05, 4.69) is 28.5 Å². The van der Waals surface area contributed by atoms with Crippen LogP contribution in [0.25, 0.3) is 6.08 Å². The van der Waals surface area contributed by atoms with E-state index in [0.29, 0.717) is 6.04 Å². The zero-order chi connectivity index (χ0) is 10.7. The molecule has 0 saturated heterocycles. The average Bonchev–Trinajstić information content (AvgIpc) is 2.81. The van der Waals surface area contributed by atoms with E-state index in [1.54, 1.807) is 12.3 Å². The van der Waals surface area contributed by atoms with Crippen molar-refractivity contribution in [3.63, 3.8) is 0 Å². The van der Waals surface area contributed by atoms with Crippen LogP contribution >= 0.6 is 0 Å². The Morgan fingerprint density at radius 1 is 1.47 bits per heavy atom. The smallest absolute Gasteiger partial charge is 0.225 e. The Morgan fingerprint density at radius 2 is 2.20 bits per heavy atom. The largest absolute Gasteiger partial charge is 0.341 e. The Bertz CT molecular complexity index is 342. The first-order valence-corrected chi connectivity index (χ1v) is 5.49. The monoisotopic (exact) mass is 203 g/mol. The fraction of sp³-hybridized carbons (Fsp3) is 0.500. The van der Waals surface area contributed by atoms with Crippen molar-refractivity contribution in [2.24, 2.45) is 0 Å². The minimum absolute atomic E-state index is 0.616. The SMILES string of the molecule is C=Cc1ccnc(N(C)C2CCCC2)n1. The fourth-order valence-corrected chi connectivity index (χ4v) is 2.10. The Kier molecular flexibility index (Phi) is 2.99. The summed E-state index contributed by atoms with van der Waals surface area (Å²) in [5.41, 5.74) is 0.893. The summed E-state index contributed by atoms with van der Waals surface area (Å²) < 4.78 is 0. The molecule has 1 fully saturated rings. The highest BCUT2D eigenvalue weighted by Gasteiger charge is 2.21. The molecular weight excluding hydrogens is 186 g/mol. The van der Waals surface area contributed by atoms with Crippen molar-refractivity contribution in [3.05, 3.63) is 24.5 Å². The van der Waals surface area contributed by atoms with E-state index in [0.717, 1.165) is 11.6 Å². The molecule has 2 rings (SSSR count). The van der Waals surface area contributed by atoms with Crippen LogP contribution in [0, 0.1) is 0 Å². The maximum absolute atomic E-state index is 4.43. The van der Waals surface area contributed by atoms with Crippen LogP contribution < -0.4 is 4.90 Å². The van der Waals surface area contributed by atoms with Crippen LogP contribution in [0.5, 0.6) is 0 Å². The molecule has 1 aromatic rings. The molecule has 0 bridgehead atoms. The first-order chi connectivity index (χ1) is 7.31. The highest BCUT2D eigenvalue weighted by atomic mass is 15.2. The van der Waals surface area contributed by atoms with Crippen molar-refractivity contribution < 1.29 is 0 Å². The highest BCUT2D eigenvalue weighted by molar-refractivity contribution is 5.44. The second-order valence-corrected chi connectivity index (χ2v) is 4.03. The molecule has 0 atom stereocenters. The molecule has 1 heterocycles. The molecule has 1 aliphatic rings. The quantitative estimate of drug-likeness (QED) is 0.755. The van der Waals surface area contributed by atoms with Gasteiger partial charge < -0.3 is 4.90 Å². The molecule has 1 aromatic heterocycles. The number of nitrogens with zero attached hydrogens (tertiary/aromatic N) is 3. The summed E-state index contributed by atoms with van der Waals surface area (Å²) in [6, 6.07) is 2.49. The molecule has 1 saturated carbocycles. The molecule has 0 aliphatic heterocycles. The summed E-state index contributed by atoms with van der Waals surface area (Å²) in [6.45, 7) is 3.72. The number of aromatic nitrogens is 2. The Morgan fingerprint density at radius 3 is 2.87 bits per heavy atom. The van der Waals surface area contributed by atoms with E-state index in [-0.39, 0.29) is 0 Å². The predicted molar refractivity (Wildman–Crippen MR) is 62.8 cm³/mol. The Labute approximate surface area is 90.9 Å². The van der Waals surface area contributed by atoms with E-state index in [4.69, 9.17) is 0 Å². The van der Waals surface area contributed by atoms with E-state index in [9.17, 15) is 0 Å². The van der Waals surface area contributed by atoms with Gasteiger partial charge in [-0.25, -0.2) is 9.97 Å². The third-order valence-corrected chi connectivity index (χ3v) is 3.06. The lowest BCUT2D eigenvalue weighted by atomic mass is 10.2. The van der Waals surface area contributed by atoms with Gasteiger partial charge in [-0.2, -0.15) is 0 Å². The van der Waals surface area contributed by atoms with E-state index >= 15 is 0 Å². The van der Waals surface area contributed by atoms with Gasteiger partial charge in [0.15, 0.2) is 0 Å². The van der Waals surface area contributed by atoms with Gasteiger partial charge in [-0.1, -0.05) is 19.4 Å². The third-order valence-electron chi connectivity index (χ3n) is 3.06. The summed E-state index contributed by atoms with van der Waals surface area (Å²) in [4.78, 5) is 10.9. The van der Waals surface area contributed by atoms with Gasteiger partial charge in [0, 0.05) is 19.3 Å². The second-order valence-electron chi connectivity index (χ2n) is 4.03. The predicted octanol–water partition coefficient (Wildman–Crippen LogP) is 2.50. The Hall–Kier alpha value is -1.38. The summed E-state index contributed by atoms with van der Waals surface area (Å²) in [6.07, 6.45) is 8.74. The maximum atomic E-state index is 4.43. The van der Waals surface area contributed by atoms with Gasteiger partial charge in [-0.3, -0.25) is 0 Å². The summed E-state index contributed by atoms with van der Waals surface area (Å²) in [5.74, 6) is 0.819. The van der Waals surface area contributed by atoms with Crippen molar-refractivity contribution >= 4 is 12.0 Å². The minimum atomic E-state index is 0.616. The number of rotatable bonds is 3. The van der Waals surface area contributed by atoms with Crippen LogP contribution in [0.4, 0.5) is 5.95 Å². The van der Waals surface area contributed by atoms with E-state index in [1.807, 2.05) is 6.07 Å². The Balaban J connectivity index is 2.16. The number of anilines is 1. The average molecular weight is 203 g/mol. The van der Waals surface area contributed by atoms with Crippen molar-refractivity contribution in [3.8, 4) is 0 Å². The van der Waals surface area contributed by atoms with Gasteiger partial charge in [0.05, 0.1) is 5.69 Å². The zero-order valence-corrected chi connectivity index (χ0v) is 9.19. The normalized spacial score (nSPS) is 16.6. The number of hydrogen-bond donors (Lipinski definition) is 0. The minimum Gasteiger partial charge on any atom is -0.341 e. The molecule has 3 nitrogen and oxygen atoms in total. The van der Waals surface area contributed by atoms with Gasteiger partial charge in [0.1, 0.15) is 0 Å². The summed E-state index contributed by atoms with van der Waals surface area (Å²) in [7, 11) is 2.08. The molecule has 15 heavy (non-hydrogen) atoms. The fourth-order valence-electron chi connectivity index (χ4n) is 2.10. The molecule has 0 amide bonds. The molecule has 0 aromatic carbocycles. The molecule has 0 unspecified atom stereocenters. The van der Waals surface area contributed by atoms with Crippen molar-refractivity contribution in [1.29, 1.82) is 0 Å². The van der Waals surface area contributed by atoms with Crippen LogP contribution in [0.1, 0.15) is 31.4 Å². The topological polar surface area (TPSA) is 29.0 Å². The molecule has 0 radical (unpaired) electrons. The van der Waals surface area contributed by atoms with Crippen LogP contribution in [-0.2, 0) is 0 Å².